The van der Waals surface area contributed by atoms with Gasteiger partial charge in [0.2, 0.25) is 0 Å². The molecule has 1 heterocycles. The van der Waals surface area contributed by atoms with Gasteiger partial charge in [0.1, 0.15) is 6.10 Å². The number of rotatable bonds is 1. The highest BCUT2D eigenvalue weighted by Crippen LogP contribution is 2.38. The van der Waals surface area contributed by atoms with Gasteiger partial charge in [-0.05, 0) is 65.2 Å². The van der Waals surface area contributed by atoms with Crippen LogP contribution in [0.5, 0.6) is 0 Å². The Balaban J connectivity index is 2.42. The number of esters is 2. The molecule has 2 rings (SSSR count). The first-order valence-electron chi connectivity index (χ1n) is 10.4. The van der Waals surface area contributed by atoms with E-state index < -0.39 is 46.9 Å². The Morgan fingerprint density at radius 3 is 2.33 bits per heavy atom. The van der Waals surface area contributed by atoms with Gasteiger partial charge in [-0.15, -0.1) is 0 Å². The predicted octanol–water partition coefficient (Wildman–Crippen LogP) is 1.58. The molecule has 0 spiro atoms. The third-order valence-electron chi connectivity index (χ3n) is 6.63. The van der Waals surface area contributed by atoms with Gasteiger partial charge in [-0.3, -0.25) is 9.59 Å². The van der Waals surface area contributed by atoms with Crippen LogP contribution in [0.25, 0.3) is 0 Å². The predicted molar refractivity (Wildman–Crippen MR) is 107 cm³/mol. The molecule has 0 amide bonds. The van der Waals surface area contributed by atoms with Gasteiger partial charge in [0.05, 0.1) is 17.3 Å². The number of hydrogen-bond donors (Lipinski definition) is 3. The van der Waals surface area contributed by atoms with Gasteiger partial charge in [0.25, 0.3) is 0 Å². The van der Waals surface area contributed by atoms with Crippen LogP contribution in [0.1, 0.15) is 72.6 Å². The van der Waals surface area contributed by atoms with Gasteiger partial charge in [0.15, 0.2) is 11.4 Å². The standard InChI is InChI=1S/C22H34O8/c1-13-15-6-11-22(5,30-19(13)26)16(24)7-9-21(4,28)18(29-14(2)23)8-10-20(3,27)17(25)12-15/h15,17-18,25,27-28H,1,6-12H2,2-5H3/t15-,17+,18-,20+,21+,22-/m1/s1. The minimum absolute atomic E-state index is 0.0218. The molecule has 2 fully saturated rings. The first kappa shape index (κ1) is 24.5. The van der Waals surface area contributed by atoms with Crippen molar-refractivity contribution in [1.82, 2.24) is 0 Å². The largest absolute Gasteiger partial charge is 0.460 e. The van der Waals surface area contributed by atoms with Crippen LogP contribution in [0, 0.1) is 5.92 Å². The van der Waals surface area contributed by atoms with Gasteiger partial charge in [-0.2, -0.15) is 0 Å². The van der Waals surface area contributed by atoms with Crippen LogP contribution in [-0.4, -0.2) is 62.1 Å². The Labute approximate surface area is 177 Å². The number of ether oxygens (including phenoxy) is 2. The van der Waals surface area contributed by atoms with E-state index >= 15 is 0 Å². The number of aliphatic hydroxyl groups is 3. The molecule has 6 atom stereocenters. The fourth-order valence-electron chi connectivity index (χ4n) is 4.17. The number of ketones is 1. The molecule has 8 nitrogen and oxygen atoms in total. The van der Waals surface area contributed by atoms with E-state index in [1.807, 2.05) is 0 Å². The van der Waals surface area contributed by atoms with E-state index in [2.05, 4.69) is 6.58 Å². The van der Waals surface area contributed by atoms with Gasteiger partial charge < -0.3 is 24.8 Å². The molecular weight excluding hydrogens is 392 g/mol. The van der Waals surface area contributed by atoms with Crippen molar-refractivity contribution < 1.29 is 39.2 Å². The van der Waals surface area contributed by atoms with Crippen molar-refractivity contribution in [1.29, 1.82) is 0 Å². The summed E-state index contributed by atoms with van der Waals surface area (Å²) in [5.41, 5.74) is -4.31. The van der Waals surface area contributed by atoms with E-state index in [4.69, 9.17) is 9.47 Å². The Kier molecular flexibility index (Phi) is 7.16. The monoisotopic (exact) mass is 426 g/mol. The summed E-state index contributed by atoms with van der Waals surface area (Å²) in [7, 11) is 0. The number of fused-ring (bicyclic) bond motifs is 3. The summed E-state index contributed by atoms with van der Waals surface area (Å²) in [6.45, 7) is 9.48. The SMILES string of the molecule is C=C1C(=O)O[C@]2(C)CC[C@@H]1C[C@H](O)[C@@](C)(O)CC[C@@H](OC(C)=O)[C@@](C)(O)CCC2=O. The molecule has 3 N–H and O–H groups in total. The lowest BCUT2D eigenvalue weighted by atomic mass is 9.78. The minimum atomic E-state index is -1.55. The molecule has 30 heavy (non-hydrogen) atoms. The fourth-order valence-corrected chi connectivity index (χ4v) is 4.17. The van der Waals surface area contributed by atoms with Crippen LogP contribution >= 0.6 is 0 Å². The van der Waals surface area contributed by atoms with Crippen LogP contribution in [0.4, 0.5) is 0 Å². The van der Waals surface area contributed by atoms with Gasteiger partial charge in [-0.1, -0.05) is 6.58 Å². The maximum atomic E-state index is 12.9. The van der Waals surface area contributed by atoms with Crippen LogP contribution in [0.3, 0.4) is 0 Å². The molecule has 0 aromatic rings. The van der Waals surface area contributed by atoms with Crippen molar-refractivity contribution in [3.8, 4) is 0 Å². The highest BCUT2D eigenvalue weighted by molar-refractivity contribution is 5.94. The zero-order valence-corrected chi connectivity index (χ0v) is 18.3. The summed E-state index contributed by atoms with van der Waals surface area (Å²) in [5.74, 6) is -2.07. The molecular formula is C22H34O8. The fraction of sp³-hybridized carbons (Fsp3) is 0.773. The van der Waals surface area contributed by atoms with Crippen LogP contribution < -0.4 is 0 Å². The highest BCUT2D eigenvalue weighted by Gasteiger charge is 2.46. The van der Waals surface area contributed by atoms with Crippen molar-refractivity contribution in [2.75, 3.05) is 0 Å². The second-order valence-corrected chi connectivity index (χ2v) is 9.41. The van der Waals surface area contributed by atoms with Crippen molar-refractivity contribution in [3.05, 3.63) is 12.2 Å². The number of carbonyl (C=O) groups is 3. The van der Waals surface area contributed by atoms with Crippen molar-refractivity contribution in [2.45, 2.75) is 102 Å². The second-order valence-electron chi connectivity index (χ2n) is 9.41. The quantitative estimate of drug-likeness (QED) is 0.426. The van der Waals surface area contributed by atoms with Crippen LogP contribution in [0.15, 0.2) is 12.2 Å². The average molecular weight is 427 g/mol. The zero-order chi connectivity index (χ0) is 22.9. The van der Waals surface area contributed by atoms with E-state index in [0.29, 0.717) is 6.42 Å². The van der Waals surface area contributed by atoms with E-state index in [0.717, 1.165) is 0 Å². The Bertz CT molecular complexity index is 710. The lowest BCUT2D eigenvalue weighted by Crippen LogP contribution is -2.47. The topological polar surface area (TPSA) is 130 Å². The lowest BCUT2D eigenvalue weighted by molar-refractivity contribution is -0.168. The molecule has 8 heteroatoms. The molecule has 1 aliphatic heterocycles. The summed E-state index contributed by atoms with van der Waals surface area (Å²) in [4.78, 5) is 37.0. The maximum absolute atomic E-state index is 12.9. The normalized spacial score (nSPS) is 41.6. The van der Waals surface area contributed by atoms with Crippen LogP contribution in [0.2, 0.25) is 0 Å². The van der Waals surface area contributed by atoms with E-state index in [-0.39, 0.29) is 49.9 Å². The summed E-state index contributed by atoms with van der Waals surface area (Å²) in [6, 6.07) is 0. The molecule has 0 radical (unpaired) electrons. The third-order valence-corrected chi connectivity index (χ3v) is 6.63. The lowest BCUT2D eigenvalue weighted by Gasteiger charge is -2.37. The number of Topliss-reactive ketones (excluding diaryl/α,β-unsaturated/α-hetero) is 1. The Morgan fingerprint density at radius 2 is 1.73 bits per heavy atom. The molecule has 170 valence electrons. The van der Waals surface area contributed by atoms with Gasteiger partial charge >= 0.3 is 11.9 Å². The zero-order valence-electron chi connectivity index (χ0n) is 18.3. The molecule has 1 saturated heterocycles. The molecule has 1 aliphatic carbocycles. The van der Waals surface area contributed by atoms with E-state index in [1.54, 1.807) is 6.92 Å². The summed E-state index contributed by atoms with van der Waals surface area (Å²) in [5, 5.41) is 32.5. The first-order valence-corrected chi connectivity index (χ1v) is 10.4. The smallest absolute Gasteiger partial charge is 0.334 e. The number of aliphatic hydroxyl groups excluding tert-OH is 1. The molecule has 2 bridgehead atoms. The third kappa shape index (κ3) is 5.47. The Hall–Kier alpha value is -1.77. The maximum Gasteiger partial charge on any atom is 0.334 e. The Morgan fingerprint density at radius 1 is 1.10 bits per heavy atom. The molecule has 0 unspecified atom stereocenters. The first-order chi connectivity index (χ1) is 13.7. The van der Waals surface area contributed by atoms with Gasteiger partial charge in [0, 0.05) is 18.9 Å². The summed E-state index contributed by atoms with van der Waals surface area (Å²) < 4.78 is 10.8. The molecule has 0 aromatic heterocycles. The summed E-state index contributed by atoms with van der Waals surface area (Å²) >= 11 is 0. The average Bonchev–Trinajstić information content (AvgIpc) is 2.74. The van der Waals surface area contributed by atoms with E-state index in [1.165, 1.54) is 20.8 Å². The number of hydrogen-bond acceptors (Lipinski definition) is 8. The van der Waals surface area contributed by atoms with Gasteiger partial charge in [-0.25, -0.2) is 4.79 Å². The summed E-state index contributed by atoms with van der Waals surface area (Å²) in [6.07, 6.45) is -1.44. The van der Waals surface area contributed by atoms with E-state index in [9.17, 15) is 29.7 Å². The minimum Gasteiger partial charge on any atom is -0.460 e. The van der Waals surface area contributed by atoms with Crippen molar-refractivity contribution in [2.24, 2.45) is 5.92 Å². The molecule has 1 saturated carbocycles. The van der Waals surface area contributed by atoms with Crippen molar-refractivity contribution >= 4 is 17.7 Å². The van der Waals surface area contributed by atoms with Crippen LogP contribution in [-0.2, 0) is 23.9 Å². The molecule has 2 aliphatic rings. The number of carbonyl (C=O) groups excluding carboxylic acids is 3. The molecule has 0 aromatic carbocycles. The second kappa shape index (κ2) is 8.77. The van der Waals surface area contributed by atoms with Crippen molar-refractivity contribution in [3.63, 3.8) is 0 Å². The highest BCUT2D eigenvalue weighted by atomic mass is 16.6.